The zero-order chi connectivity index (χ0) is 17.2. The summed E-state index contributed by atoms with van der Waals surface area (Å²) >= 11 is 0. The Morgan fingerprint density at radius 3 is 2.68 bits per heavy atom. The molecular formula is C19H14N2O4. The molecule has 0 saturated heterocycles. The van der Waals surface area contributed by atoms with Crippen molar-refractivity contribution in [2.24, 2.45) is 0 Å². The first-order valence-electron chi connectivity index (χ1n) is 7.63. The Bertz CT molecular complexity index is 1020. The summed E-state index contributed by atoms with van der Waals surface area (Å²) in [6.45, 7) is 0. The van der Waals surface area contributed by atoms with E-state index < -0.39 is 0 Å². The average molecular weight is 334 g/mol. The lowest BCUT2D eigenvalue weighted by atomic mass is 10.2. The van der Waals surface area contributed by atoms with Gasteiger partial charge in [-0.3, -0.25) is 4.79 Å². The molecule has 0 radical (unpaired) electrons. The minimum absolute atomic E-state index is 0.261. The molecule has 0 saturated carbocycles. The molecule has 0 aliphatic carbocycles. The fourth-order valence-corrected chi connectivity index (χ4v) is 2.45. The van der Waals surface area contributed by atoms with E-state index in [1.54, 1.807) is 31.4 Å². The van der Waals surface area contributed by atoms with Gasteiger partial charge in [-0.15, -0.1) is 0 Å². The van der Waals surface area contributed by atoms with Gasteiger partial charge in [-0.05, 0) is 48.5 Å². The summed E-state index contributed by atoms with van der Waals surface area (Å²) < 4.78 is 16.0. The molecule has 0 aliphatic rings. The van der Waals surface area contributed by atoms with Crippen LogP contribution in [0.3, 0.4) is 0 Å². The number of nitrogens with one attached hydrogen (secondary N) is 1. The Hall–Kier alpha value is -3.54. The quantitative estimate of drug-likeness (QED) is 0.600. The first-order chi connectivity index (χ1) is 12.2. The third-order valence-electron chi connectivity index (χ3n) is 3.73. The van der Waals surface area contributed by atoms with Gasteiger partial charge in [-0.25, -0.2) is 4.98 Å². The third kappa shape index (κ3) is 2.97. The number of amides is 1. The van der Waals surface area contributed by atoms with Crippen molar-refractivity contribution in [2.75, 3.05) is 12.4 Å². The maximum atomic E-state index is 12.0. The second-order valence-corrected chi connectivity index (χ2v) is 5.36. The molecule has 124 valence electrons. The summed E-state index contributed by atoms with van der Waals surface area (Å²) in [5, 5.41) is 2.76. The lowest BCUT2D eigenvalue weighted by Gasteiger charge is -2.03. The number of ether oxygens (including phenoxy) is 1. The standard InChI is InChI=1S/C19H14N2O4/c1-23-14-8-9-16-15(11-14)21-19(25-16)12-4-6-13(7-5-12)20-18(22)17-3-2-10-24-17/h2-11H,1H3,(H,20,22). The monoisotopic (exact) mass is 334 g/mol. The van der Waals surface area contributed by atoms with Gasteiger partial charge in [0.05, 0.1) is 13.4 Å². The van der Waals surface area contributed by atoms with Crippen molar-refractivity contribution in [3.8, 4) is 17.2 Å². The number of carbonyl (C=O) groups is 1. The summed E-state index contributed by atoms with van der Waals surface area (Å²) in [6.07, 6.45) is 1.46. The van der Waals surface area contributed by atoms with Crippen LogP contribution in [-0.4, -0.2) is 18.0 Å². The zero-order valence-corrected chi connectivity index (χ0v) is 13.4. The zero-order valence-electron chi connectivity index (χ0n) is 13.4. The van der Waals surface area contributed by atoms with Crippen molar-refractivity contribution >= 4 is 22.7 Å². The van der Waals surface area contributed by atoms with Crippen LogP contribution in [0.1, 0.15) is 10.6 Å². The number of fused-ring (bicyclic) bond motifs is 1. The number of carbonyl (C=O) groups excluding carboxylic acids is 1. The Kier molecular flexibility index (Phi) is 3.70. The topological polar surface area (TPSA) is 77.5 Å². The second-order valence-electron chi connectivity index (χ2n) is 5.36. The Balaban J connectivity index is 1.56. The molecular weight excluding hydrogens is 320 g/mol. The highest BCUT2D eigenvalue weighted by atomic mass is 16.5. The molecule has 2 heterocycles. The number of furan rings is 1. The van der Waals surface area contributed by atoms with E-state index in [1.165, 1.54) is 6.26 Å². The summed E-state index contributed by atoms with van der Waals surface area (Å²) in [7, 11) is 1.61. The van der Waals surface area contributed by atoms with Crippen molar-refractivity contribution in [3.05, 3.63) is 66.6 Å². The molecule has 0 spiro atoms. The second kappa shape index (κ2) is 6.16. The minimum atomic E-state index is -0.299. The first kappa shape index (κ1) is 15.0. The van der Waals surface area contributed by atoms with E-state index in [4.69, 9.17) is 13.6 Å². The number of hydrogen-bond donors (Lipinski definition) is 1. The molecule has 0 atom stereocenters. The number of anilines is 1. The maximum absolute atomic E-state index is 12.0. The van der Waals surface area contributed by atoms with Crippen LogP contribution in [0, 0.1) is 0 Å². The lowest BCUT2D eigenvalue weighted by Crippen LogP contribution is -2.10. The summed E-state index contributed by atoms with van der Waals surface area (Å²) in [5.41, 5.74) is 2.88. The minimum Gasteiger partial charge on any atom is -0.497 e. The van der Waals surface area contributed by atoms with E-state index in [-0.39, 0.29) is 11.7 Å². The summed E-state index contributed by atoms with van der Waals surface area (Å²) in [4.78, 5) is 16.4. The fraction of sp³-hybridized carbons (Fsp3) is 0.0526. The highest BCUT2D eigenvalue weighted by Gasteiger charge is 2.11. The highest BCUT2D eigenvalue weighted by molar-refractivity contribution is 6.02. The molecule has 2 aromatic heterocycles. The Morgan fingerprint density at radius 1 is 1.12 bits per heavy atom. The third-order valence-corrected chi connectivity index (χ3v) is 3.73. The van der Waals surface area contributed by atoms with Gasteiger partial charge in [0.15, 0.2) is 11.3 Å². The Morgan fingerprint density at radius 2 is 1.96 bits per heavy atom. The predicted molar refractivity (Wildman–Crippen MR) is 92.7 cm³/mol. The van der Waals surface area contributed by atoms with Crippen LogP contribution in [0.5, 0.6) is 5.75 Å². The van der Waals surface area contributed by atoms with Crippen molar-refractivity contribution in [3.63, 3.8) is 0 Å². The van der Waals surface area contributed by atoms with Gasteiger partial charge in [0, 0.05) is 17.3 Å². The van der Waals surface area contributed by atoms with Crippen molar-refractivity contribution in [1.82, 2.24) is 4.98 Å². The highest BCUT2D eigenvalue weighted by Crippen LogP contribution is 2.27. The molecule has 1 amide bonds. The molecule has 0 bridgehead atoms. The van der Waals surface area contributed by atoms with Gasteiger partial charge in [-0.1, -0.05) is 0 Å². The number of oxazole rings is 1. The maximum Gasteiger partial charge on any atom is 0.291 e. The van der Waals surface area contributed by atoms with Gasteiger partial charge in [0.25, 0.3) is 5.91 Å². The number of nitrogens with zero attached hydrogens (tertiary/aromatic N) is 1. The van der Waals surface area contributed by atoms with Gasteiger partial charge >= 0.3 is 0 Å². The number of hydrogen-bond acceptors (Lipinski definition) is 5. The average Bonchev–Trinajstić information content (AvgIpc) is 3.31. The normalized spacial score (nSPS) is 10.8. The lowest BCUT2D eigenvalue weighted by molar-refractivity contribution is 0.0996. The largest absolute Gasteiger partial charge is 0.497 e. The summed E-state index contributed by atoms with van der Waals surface area (Å²) in [5.74, 6) is 1.19. The molecule has 0 aliphatic heterocycles. The molecule has 6 nitrogen and oxygen atoms in total. The van der Waals surface area contributed by atoms with Crippen molar-refractivity contribution in [1.29, 1.82) is 0 Å². The van der Waals surface area contributed by atoms with Gasteiger partial charge in [0.2, 0.25) is 5.89 Å². The van der Waals surface area contributed by atoms with Gasteiger partial charge < -0.3 is 18.9 Å². The van der Waals surface area contributed by atoms with Crippen molar-refractivity contribution in [2.45, 2.75) is 0 Å². The number of rotatable bonds is 4. The predicted octanol–water partition coefficient (Wildman–Crippen LogP) is 4.35. The van der Waals surface area contributed by atoms with Crippen molar-refractivity contribution < 1.29 is 18.4 Å². The van der Waals surface area contributed by atoms with Crippen LogP contribution in [0.25, 0.3) is 22.6 Å². The van der Waals surface area contributed by atoms with E-state index in [0.29, 0.717) is 17.2 Å². The molecule has 6 heteroatoms. The van der Waals surface area contributed by atoms with E-state index in [9.17, 15) is 4.79 Å². The number of aromatic nitrogens is 1. The molecule has 4 aromatic rings. The van der Waals surface area contributed by atoms with E-state index in [2.05, 4.69) is 10.3 Å². The number of benzene rings is 2. The smallest absolute Gasteiger partial charge is 0.291 e. The molecule has 4 rings (SSSR count). The molecule has 1 N–H and O–H groups in total. The summed E-state index contributed by atoms with van der Waals surface area (Å²) in [6, 6.07) is 16.0. The van der Waals surface area contributed by atoms with Gasteiger partial charge in [0.1, 0.15) is 11.3 Å². The SMILES string of the molecule is COc1ccc2oc(-c3ccc(NC(=O)c4ccco4)cc3)nc2c1. The van der Waals surface area contributed by atoms with E-state index >= 15 is 0 Å². The van der Waals surface area contributed by atoms with Crippen LogP contribution >= 0.6 is 0 Å². The number of methoxy groups -OCH3 is 1. The van der Waals surface area contributed by atoms with Crippen LogP contribution in [0.4, 0.5) is 5.69 Å². The van der Waals surface area contributed by atoms with Crippen LogP contribution < -0.4 is 10.1 Å². The molecule has 0 fully saturated rings. The Labute approximate surface area is 143 Å². The first-order valence-corrected chi connectivity index (χ1v) is 7.63. The van der Waals surface area contributed by atoms with Crippen LogP contribution in [0.2, 0.25) is 0 Å². The van der Waals surface area contributed by atoms with E-state index in [1.807, 2.05) is 30.3 Å². The fourth-order valence-electron chi connectivity index (χ4n) is 2.45. The van der Waals surface area contributed by atoms with E-state index in [0.717, 1.165) is 16.8 Å². The van der Waals surface area contributed by atoms with Crippen LogP contribution in [-0.2, 0) is 0 Å². The molecule has 0 unspecified atom stereocenters. The molecule has 25 heavy (non-hydrogen) atoms. The van der Waals surface area contributed by atoms with Gasteiger partial charge in [-0.2, -0.15) is 0 Å². The molecule has 2 aromatic carbocycles. The van der Waals surface area contributed by atoms with Crippen LogP contribution in [0.15, 0.2) is 69.7 Å².